The highest BCUT2D eigenvalue weighted by Crippen LogP contribution is 2.24. The van der Waals surface area contributed by atoms with Crippen molar-refractivity contribution < 1.29 is 9.59 Å². The normalized spacial score (nSPS) is 15.9. The number of anilines is 2. The summed E-state index contributed by atoms with van der Waals surface area (Å²) in [5, 5.41) is 5.44. The van der Waals surface area contributed by atoms with Crippen molar-refractivity contribution in [2.45, 2.75) is 33.6 Å². The Bertz CT molecular complexity index is 575. The molecule has 2 rings (SSSR count). The quantitative estimate of drug-likeness (QED) is 0.774. The van der Waals surface area contributed by atoms with E-state index in [-0.39, 0.29) is 12.6 Å². The largest absolute Gasteiger partial charge is 0.372 e. The van der Waals surface area contributed by atoms with Gasteiger partial charge in [-0.3, -0.25) is 4.79 Å². The summed E-state index contributed by atoms with van der Waals surface area (Å²) in [6.45, 7) is 8.04. The molecule has 1 aliphatic rings. The Morgan fingerprint density at radius 2 is 1.79 bits per heavy atom. The van der Waals surface area contributed by atoms with Gasteiger partial charge in [0, 0.05) is 31.0 Å². The molecule has 0 spiro atoms. The molecule has 1 heterocycles. The van der Waals surface area contributed by atoms with Crippen LogP contribution in [0.3, 0.4) is 0 Å². The predicted octanol–water partition coefficient (Wildman–Crippen LogP) is 2.56. The van der Waals surface area contributed by atoms with E-state index in [0.717, 1.165) is 24.7 Å². The first kappa shape index (κ1) is 18.1. The lowest BCUT2D eigenvalue weighted by Crippen LogP contribution is -2.43. The Morgan fingerprint density at radius 1 is 1.21 bits per heavy atom. The van der Waals surface area contributed by atoms with Crippen molar-refractivity contribution in [2.24, 2.45) is 17.1 Å². The fraction of sp³-hybridized carbons (Fsp3) is 0.556. The molecule has 0 aromatic heterocycles. The summed E-state index contributed by atoms with van der Waals surface area (Å²) >= 11 is 0. The van der Waals surface area contributed by atoms with Crippen LogP contribution in [0.25, 0.3) is 0 Å². The summed E-state index contributed by atoms with van der Waals surface area (Å²) in [7, 11) is 0. The van der Waals surface area contributed by atoms with Gasteiger partial charge in [-0.1, -0.05) is 6.92 Å². The number of carbonyl (C=O) groups excluding carboxylic acids is 2. The lowest BCUT2D eigenvalue weighted by molar-refractivity contribution is -0.125. The third-order valence-corrected chi connectivity index (χ3v) is 4.63. The lowest BCUT2D eigenvalue weighted by atomic mass is 9.93. The van der Waals surface area contributed by atoms with Crippen LogP contribution in [0.2, 0.25) is 0 Å². The molecule has 1 aromatic carbocycles. The van der Waals surface area contributed by atoms with E-state index in [1.165, 1.54) is 18.5 Å². The number of hydrogen-bond acceptors (Lipinski definition) is 3. The monoisotopic (exact) mass is 332 g/mol. The van der Waals surface area contributed by atoms with Gasteiger partial charge < -0.3 is 21.3 Å². The Hall–Kier alpha value is -2.24. The van der Waals surface area contributed by atoms with Crippen LogP contribution < -0.4 is 21.3 Å². The Balaban J connectivity index is 1.85. The fourth-order valence-corrected chi connectivity index (χ4v) is 2.59. The molecular weight excluding hydrogens is 304 g/mol. The van der Waals surface area contributed by atoms with Gasteiger partial charge in [0.2, 0.25) is 5.91 Å². The second kappa shape index (κ2) is 7.55. The van der Waals surface area contributed by atoms with E-state index >= 15 is 0 Å². The van der Waals surface area contributed by atoms with Crippen molar-refractivity contribution in [1.29, 1.82) is 0 Å². The van der Waals surface area contributed by atoms with Gasteiger partial charge in [0.1, 0.15) is 0 Å². The Labute approximate surface area is 143 Å². The van der Waals surface area contributed by atoms with E-state index < -0.39 is 11.3 Å². The SMILES string of the molecule is CC1CCN(c2ccc(NC(=O)NCC(C)(C)C(N)=O)cc2)CC1. The molecule has 4 N–H and O–H groups in total. The highest BCUT2D eigenvalue weighted by Gasteiger charge is 2.25. The zero-order chi connectivity index (χ0) is 17.7. The Morgan fingerprint density at radius 3 is 2.33 bits per heavy atom. The van der Waals surface area contributed by atoms with Crippen LogP contribution >= 0.6 is 0 Å². The van der Waals surface area contributed by atoms with Crippen LogP contribution in [0.5, 0.6) is 0 Å². The molecule has 6 heteroatoms. The van der Waals surface area contributed by atoms with E-state index in [1.807, 2.05) is 24.3 Å². The molecule has 0 saturated carbocycles. The van der Waals surface area contributed by atoms with Crippen LogP contribution in [0, 0.1) is 11.3 Å². The minimum absolute atomic E-state index is 0.193. The number of primary amides is 1. The van der Waals surface area contributed by atoms with Crippen molar-refractivity contribution in [2.75, 3.05) is 29.9 Å². The molecule has 6 nitrogen and oxygen atoms in total. The molecule has 0 aliphatic carbocycles. The smallest absolute Gasteiger partial charge is 0.319 e. The number of nitrogens with one attached hydrogen (secondary N) is 2. The number of hydrogen-bond donors (Lipinski definition) is 3. The van der Waals surface area contributed by atoms with Crippen molar-refractivity contribution in [3.8, 4) is 0 Å². The molecule has 0 bridgehead atoms. The van der Waals surface area contributed by atoms with Crippen LogP contribution in [0.15, 0.2) is 24.3 Å². The zero-order valence-corrected chi connectivity index (χ0v) is 14.8. The van der Waals surface area contributed by atoms with Gasteiger partial charge in [-0.2, -0.15) is 0 Å². The predicted molar refractivity (Wildman–Crippen MR) is 97.0 cm³/mol. The van der Waals surface area contributed by atoms with Gasteiger partial charge in [-0.25, -0.2) is 4.79 Å². The minimum atomic E-state index is -0.771. The van der Waals surface area contributed by atoms with E-state index in [9.17, 15) is 9.59 Å². The summed E-state index contributed by atoms with van der Waals surface area (Å²) < 4.78 is 0. The van der Waals surface area contributed by atoms with Gasteiger partial charge in [-0.05, 0) is 56.9 Å². The van der Waals surface area contributed by atoms with E-state index in [2.05, 4.69) is 22.5 Å². The zero-order valence-electron chi connectivity index (χ0n) is 14.8. The molecule has 132 valence electrons. The van der Waals surface area contributed by atoms with Crippen molar-refractivity contribution >= 4 is 23.3 Å². The molecule has 3 amide bonds. The van der Waals surface area contributed by atoms with Gasteiger partial charge in [0.05, 0.1) is 5.41 Å². The number of rotatable bonds is 5. The minimum Gasteiger partial charge on any atom is -0.372 e. The number of piperidine rings is 1. The third kappa shape index (κ3) is 4.88. The molecule has 1 saturated heterocycles. The highest BCUT2D eigenvalue weighted by atomic mass is 16.2. The maximum absolute atomic E-state index is 11.9. The van der Waals surface area contributed by atoms with Crippen molar-refractivity contribution in [3.05, 3.63) is 24.3 Å². The lowest BCUT2D eigenvalue weighted by Gasteiger charge is -2.32. The first-order chi connectivity index (χ1) is 11.3. The Kier molecular flexibility index (Phi) is 5.70. The molecule has 0 atom stereocenters. The number of urea groups is 1. The summed E-state index contributed by atoms with van der Waals surface area (Å²) in [6, 6.07) is 7.50. The first-order valence-corrected chi connectivity index (χ1v) is 8.48. The molecule has 1 aromatic rings. The first-order valence-electron chi connectivity index (χ1n) is 8.48. The number of amides is 3. The molecule has 1 aliphatic heterocycles. The van der Waals surface area contributed by atoms with Gasteiger partial charge >= 0.3 is 6.03 Å². The maximum atomic E-state index is 11.9. The second-order valence-corrected chi connectivity index (χ2v) is 7.27. The van der Waals surface area contributed by atoms with Crippen molar-refractivity contribution in [1.82, 2.24) is 5.32 Å². The highest BCUT2D eigenvalue weighted by molar-refractivity contribution is 5.90. The molecule has 1 fully saturated rings. The fourth-order valence-electron chi connectivity index (χ4n) is 2.59. The van der Waals surface area contributed by atoms with E-state index in [4.69, 9.17) is 5.73 Å². The van der Waals surface area contributed by atoms with E-state index in [1.54, 1.807) is 13.8 Å². The third-order valence-electron chi connectivity index (χ3n) is 4.63. The van der Waals surface area contributed by atoms with Crippen molar-refractivity contribution in [3.63, 3.8) is 0 Å². The number of nitrogens with two attached hydrogens (primary N) is 1. The van der Waals surface area contributed by atoms with E-state index in [0.29, 0.717) is 0 Å². The van der Waals surface area contributed by atoms with Crippen LogP contribution in [0.4, 0.5) is 16.2 Å². The van der Waals surface area contributed by atoms with Gasteiger partial charge in [-0.15, -0.1) is 0 Å². The average Bonchev–Trinajstić information content (AvgIpc) is 2.54. The standard InChI is InChI=1S/C18H28N4O2/c1-13-8-10-22(11-9-13)15-6-4-14(5-7-15)21-17(24)20-12-18(2,3)16(19)23/h4-7,13H,8-12H2,1-3H3,(H2,19,23)(H2,20,21,24). The topological polar surface area (TPSA) is 87.5 Å². The van der Waals surface area contributed by atoms with Crippen LogP contribution in [-0.4, -0.2) is 31.6 Å². The second-order valence-electron chi connectivity index (χ2n) is 7.27. The summed E-state index contributed by atoms with van der Waals surface area (Å²) in [5.41, 5.74) is 6.42. The molecule has 24 heavy (non-hydrogen) atoms. The number of nitrogens with zero attached hydrogens (tertiary/aromatic N) is 1. The maximum Gasteiger partial charge on any atom is 0.319 e. The van der Waals surface area contributed by atoms with Crippen LogP contribution in [-0.2, 0) is 4.79 Å². The summed E-state index contributed by atoms with van der Waals surface area (Å²) in [5.74, 6) is 0.360. The van der Waals surface area contributed by atoms with Gasteiger partial charge in [0.15, 0.2) is 0 Å². The van der Waals surface area contributed by atoms with Gasteiger partial charge in [0.25, 0.3) is 0 Å². The number of benzene rings is 1. The summed E-state index contributed by atoms with van der Waals surface area (Å²) in [4.78, 5) is 25.5. The average molecular weight is 332 g/mol. The number of carbonyl (C=O) groups is 2. The molecule has 0 radical (unpaired) electrons. The summed E-state index contributed by atoms with van der Waals surface area (Å²) in [6.07, 6.45) is 2.44. The van der Waals surface area contributed by atoms with Crippen LogP contribution in [0.1, 0.15) is 33.6 Å². The molecular formula is C18H28N4O2. The molecule has 0 unspecified atom stereocenters.